The van der Waals surface area contributed by atoms with E-state index in [0.29, 0.717) is 13.2 Å². The van der Waals surface area contributed by atoms with Crippen LogP contribution in [-0.2, 0) is 75.8 Å². The number of hydrogen-bond acceptors (Lipinski definition) is 16. The van der Waals surface area contributed by atoms with E-state index in [1.807, 2.05) is 228 Å². The van der Waals surface area contributed by atoms with Crippen molar-refractivity contribution in [1.29, 1.82) is 0 Å². The molecule has 120 heavy (non-hydrogen) atoms. The fourth-order valence-corrected chi connectivity index (χ4v) is 10.5. The van der Waals surface area contributed by atoms with Crippen molar-refractivity contribution < 1.29 is 120 Å². The highest BCUT2D eigenvalue weighted by atomic mass is 16.5. The molecule has 0 radical (unpaired) electrons. The van der Waals surface area contributed by atoms with Crippen molar-refractivity contribution in [2.75, 3.05) is 109 Å². The van der Waals surface area contributed by atoms with Gasteiger partial charge in [0.05, 0.1) is 117 Å². The molecule has 16 nitrogen and oxygen atoms in total. The molecular formula is C104H208O16. The Balaban J connectivity index is -0.000000260. The largest absolute Gasteiger partial charge is 0.374 e. The van der Waals surface area contributed by atoms with Gasteiger partial charge in [-0.3, -0.25) is 0 Å². The van der Waals surface area contributed by atoms with Crippen LogP contribution in [0.15, 0.2) is 89.2 Å². The van der Waals surface area contributed by atoms with Crippen LogP contribution in [0.3, 0.4) is 0 Å². The SMILES string of the molecule is [2H]C([2H])COC(C)(C)/C(C)=C(/C)C(C)(C)OC([2H])[2H].[2H]C([2H])OC(C)(C)/C(C)=C(/C)C(C)(C)OC([2H])C.[2H]C([2H])OC(C)(C)/C(C)=C(/C)C(C)(C)OC([2H])C([2H])([2H])[2H].[2H]C([2H])OC(C)(C)/C(C)=C(/C)C(C)(C)OC([2H])C([2H])[2H].[2H]C([2H])OC(C)(C)/C(C)=C(/C)C(C)(C)OCC.[2H]C([2H])OC(C)(C)/C(C)=C(/C)C(C)(C)OCC([2H])([2H])[2H].[2H]CC([2H])OC(C)(C)/C(C)=C(/C)C(C)(C)OC([2H])[2H].[2H]CCOC(C)(C)/C(C)=C(/C)C(C)(C)OC([2H])[2H]. The van der Waals surface area contributed by atoms with E-state index in [1.165, 1.54) is 0 Å². The molecule has 0 fully saturated rings. The summed E-state index contributed by atoms with van der Waals surface area (Å²) in [7, 11) is -10.8. The molecule has 720 valence electrons. The Labute approximate surface area is 793 Å². The molecule has 4 atom stereocenters. The second-order valence-corrected chi connectivity index (χ2v) is 37.6. The Morgan fingerprint density at radius 1 is 0.175 bits per heavy atom. The smallest absolute Gasteiger partial charge is 0.0836 e. The maximum absolute atomic E-state index is 7.58. The first-order chi connectivity index (χ1) is 66.9. The molecule has 0 aromatic rings. The van der Waals surface area contributed by atoms with Crippen molar-refractivity contribution in [3.8, 4) is 0 Å². The fraction of sp³-hybridized carbons (Fsp3) is 0.846. The lowest BCUT2D eigenvalue weighted by Crippen LogP contribution is -2.32. The van der Waals surface area contributed by atoms with Crippen LogP contribution in [0.4, 0.5) is 0 Å². The second kappa shape index (κ2) is 56.6. The van der Waals surface area contributed by atoms with Gasteiger partial charge in [0.1, 0.15) is 0 Å². The number of rotatable bonds is 40. The van der Waals surface area contributed by atoms with Crippen molar-refractivity contribution in [3.05, 3.63) is 89.2 Å². The Kier molecular flexibility index (Phi) is 37.5. The van der Waals surface area contributed by atoms with Gasteiger partial charge in [0.25, 0.3) is 0 Å². The zero-order valence-corrected chi connectivity index (χ0v) is 85.9. The quantitative estimate of drug-likeness (QED) is 0.0535. The van der Waals surface area contributed by atoms with E-state index in [9.17, 15) is 0 Å². The van der Waals surface area contributed by atoms with Gasteiger partial charge < -0.3 is 75.8 Å². The van der Waals surface area contributed by atoms with E-state index in [-0.39, 0.29) is 32.6 Å². The molecule has 0 bridgehead atoms. The van der Waals surface area contributed by atoms with Gasteiger partial charge in [-0.1, -0.05) is 0 Å². The third kappa shape index (κ3) is 45.8. The Hall–Kier alpha value is -2.72. The highest BCUT2D eigenvalue weighted by Gasteiger charge is 2.36. The Morgan fingerprint density at radius 3 is 0.517 bits per heavy atom. The summed E-state index contributed by atoms with van der Waals surface area (Å²) in [6.45, 7) is 82.0. The van der Waals surface area contributed by atoms with E-state index >= 15 is 0 Å². The van der Waals surface area contributed by atoms with Crippen LogP contribution < -0.4 is 0 Å². The molecule has 0 saturated heterocycles. The second-order valence-electron chi connectivity index (χ2n) is 37.6. The molecule has 0 heterocycles. The predicted molar refractivity (Wildman–Crippen MR) is 521 cm³/mol. The van der Waals surface area contributed by atoms with Crippen LogP contribution >= 0.6 is 0 Å². The van der Waals surface area contributed by atoms with Gasteiger partial charge >= 0.3 is 0 Å². The van der Waals surface area contributed by atoms with Gasteiger partial charge in [-0.25, -0.2) is 0 Å². The minimum atomic E-state index is -2.51. The zero-order chi connectivity index (χ0) is 124. The van der Waals surface area contributed by atoms with Crippen molar-refractivity contribution in [2.45, 2.75) is 477 Å². The minimum Gasteiger partial charge on any atom is -0.374 e. The van der Waals surface area contributed by atoms with Gasteiger partial charge in [0.15, 0.2) is 0 Å². The first-order valence-corrected chi connectivity index (χ1v) is 40.8. The van der Waals surface area contributed by atoms with Crippen molar-refractivity contribution in [3.63, 3.8) is 0 Å². The lowest BCUT2D eigenvalue weighted by atomic mass is 9.87. The highest BCUT2D eigenvalue weighted by molar-refractivity contribution is 5.31. The summed E-state index contributed by atoms with van der Waals surface area (Å²) in [5.74, 6) is 0. The standard InChI is InChI=1S/8C13H26O2/c8*1-9-15-13(6,7)11(3)10(2)12(4,5)14-8/h8*9H2,1-8H3/b8*11-10-/i1D3,8D2,9D;1D2,8D2,9D;1D,8D2,9D;8D2,9D;1D3,8D2;1D2,8D2;1D,8D2;8D2. The van der Waals surface area contributed by atoms with Crippen LogP contribution in [0.1, 0.15) is 431 Å². The predicted octanol–water partition coefficient (Wildman–Crippen LogP) is 28.5. The minimum absolute atomic E-state index is 0.0401. The molecule has 16 heteroatoms. The van der Waals surface area contributed by atoms with E-state index in [1.54, 1.807) is 118 Å². The molecule has 0 rings (SSSR count). The van der Waals surface area contributed by atoms with Crippen LogP contribution in [0, 0.1) is 0 Å². The van der Waals surface area contributed by atoms with E-state index < -0.39 is 194 Å². The van der Waals surface area contributed by atoms with Crippen LogP contribution in [-0.4, -0.2) is 199 Å². The lowest BCUT2D eigenvalue weighted by Gasteiger charge is -2.33. The van der Waals surface area contributed by atoms with Gasteiger partial charge in [0, 0.05) is 126 Å². The maximum atomic E-state index is 7.58. The first-order valence-electron chi connectivity index (χ1n) is 59.1. The lowest BCUT2D eigenvalue weighted by molar-refractivity contribution is 0.0109. The summed E-state index contributed by atoms with van der Waals surface area (Å²) in [6.07, 6.45) is 0. The topological polar surface area (TPSA) is 148 Å². The average Bonchev–Trinajstić information content (AvgIpc) is 0.745. The normalized spacial score (nSPS) is 20.6. The third-order valence-corrected chi connectivity index (χ3v) is 24.7. The van der Waals surface area contributed by atoms with Crippen LogP contribution in [0.2, 0.25) is 0 Å². The summed E-state index contributed by atoms with van der Waals surface area (Å²) in [5, 5.41) is 0. The summed E-state index contributed by atoms with van der Waals surface area (Å²) < 4.78 is 318. The van der Waals surface area contributed by atoms with Crippen molar-refractivity contribution in [1.82, 2.24) is 0 Å². The van der Waals surface area contributed by atoms with Crippen molar-refractivity contribution in [2.24, 2.45) is 0 Å². The molecule has 4 unspecified atom stereocenters. The van der Waals surface area contributed by atoms with E-state index in [0.717, 1.165) is 89.2 Å². The molecule has 0 saturated carbocycles. The molecule has 0 aromatic carbocycles. The van der Waals surface area contributed by atoms with Crippen LogP contribution in [0.25, 0.3) is 0 Å². The molecule has 0 aromatic heterocycles. The first kappa shape index (κ1) is 79.4. The molecule has 0 N–H and O–H groups in total. The molecule has 0 aliphatic rings. The summed E-state index contributed by atoms with van der Waals surface area (Å²) in [5.41, 5.74) is 3.25. The van der Waals surface area contributed by atoms with Gasteiger partial charge in [-0.05, 0) is 477 Å². The fourth-order valence-electron chi connectivity index (χ4n) is 10.5. The molecule has 0 aliphatic carbocycles. The zero-order valence-electron chi connectivity index (χ0n) is 118. The van der Waals surface area contributed by atoms with Crippen LogP contribution in [0.5, 0.6) is 0 Å². The number of methoxy groups -OCH3 is 8. The average molecular weight is 1750 g/mol. The number of ether oxygens (including phenoxy) is 16. The Morgan fingerprint density at radius 2 is 0.350 bits per heavy atom. The van der Waals surface area contributed by atoms with Gasteiger partial charge in [-0.2, -0.15) is 0 Å². The van der Waals surface area contributed by atoms with E-state index in [2.05, 4.69) is 0 Å². The molecule has 0 aliphatic heterocycles. The third-order valence-electron chi connectivity index (χ3n) is 24.7. The summed E-state index contributed by atoms with van der Waals surface area (Å²) in [6, 6.07) is 0. The number of hydrogen-bond donors (Lipinski definition) is 0. The summed E-state index contributed by atoms with van der Waals surface area (Å²) in [4.78, 5) is 0. The van der Waals surface area contributed by atoms with E-state index in [4.69, 9.17) is 120 Å². The van der Waals surface area contributed by atoms with Crippen molar-refractivity contribution >= 4 is 0 Å². The molecule has 0 spiro atoms. The highest BCUT2D eigenvalue weighted by Crippen LogP contribution is 2.38. The van der Waals surface area contributed by atoms with Gasteiger partial charge in [0.2, 0.25) is 0 Å². The molecular weight excluding hydrogens is 1510 g/mol. The van der Waals surface area contributed by atoms with Gasteiger partial charge in [-0.15, -0.1) is 0 Å². The Bertz CT molecular complexity index is 4150. The monoisotopic (exact) mass is 1750 g/mol. The maximum Gasteiger partial charge on any atom is 0.0836 e. The summed E-state index contributed by atoms with van der Waals surface area (Å²) >= 11 is 0. The molecule has 0 amide bonds.